The largest absolute Gasteiger partial charge is 0.380 e. The van der Waals surface area contributed by atoms with Gasteiger partial charge < -0.3 is 19.7 Å². The second kappa shape index (κ2) is 11.0. The molecule has 2 saturated heterocycles. The van der Waals surface area contributed by atoms with Crippen LogP contribution in [0.25, 0.3) is 22.2 Å². The van der Waals surface area contributed by atoms with E-state index < -0.39 is 10.0 Å². The Bertz CT molecular complexity index is 1400. The number of nitrogens with one attached hydrogen (secondary N) is 1. The van der Waals surface area contributed by atoms with Gasteiger partial charge in [-0.05, 0) is 62.1 Å². The lowest BCUT2D eigenvalue weighted by molar-refractivity contribution is 0.209. The number of imidazole rings is 1. The van der Waals surface area contributed by atoms with Crippen LogP contribution in [0.3, 0.4) is 0 Å². The molecule has 0 radical (unpaired) electrons. The third kappa shape index (κ3) is 5.88. The Morgan fingerprint density at radius 3 is 2.15 bits per heavy atom. The van der Waals surface area contributed by atoms with Gasteiger partial charge in [0.2, 0.25) is 16.0 Å². The molecule has 0 aliphatic carbocycles. The second-order valence-electron chi connectivity index (χ2n) is 11.5. The lowest BCUT2D eigenvalue weighted by Crippen LogP contribution is -2.48. The highest BCUT2D eigenvalue weighted by Gasteiger charge is 2.26. The Labute approximate surface area is 233 Å². The minimum absolute atomic E-state index is 0.193. The molecular weight excluding hydrogens is 510 g/mol. The van der Waals surface area contributed by atoms with Crippen LogP contribution in [0.1, 0.15) is 26.7 Å². The average molecular weight is 554 g/mol. The van der Waals surface area contributed by atoms with E-state index in [9.17, 15) is 8.42 Å². The highest BCUT2D eigenvalue weighted by molar-refractivity contribution is 7.88. The maximum absolute atomic E-state index is 12.0. The Morgan fingerprint density at radius 2 is 1.59 bits per heavy atom. The Morgan fingerprint density at radius 1 is 0.949 bits per heavy atom. The van der Waals surface area contributed by atoms with Crippen LogP contribution in [0.15, 0.2) is 36.4 Å². The van der Waals surface area contributed by atoms with E-state index in [0.717, 1.165) is 67.3 Å². The molecule has 2 fully saturated rings. The monoisotopic (exact) mass is 553 g/mol. The Hall–Kier alpha value is -2.82. The second-order valence-corrected chi connectivity index (χ2v) is 13.5. The number of rotatable bonds is 7. The van der Waals surface area contributed by atoms with E-state index in [-0.39, 0.29) is 6.04 Å². The van der Waals surface area contributed by atoms with Crippen molar-refractivity contribution < 1.29 is 8.42 Å². The zero-order chi connectivity index (χ0) is 27.9. The topological polar surface area (TPSA) is 76.9 Å². The molecular formula is C29H43N7O2S. The number of sulfonamides is 1. The van der Waals surface area contributed by atoms with E-state index in [1.54, 1.807) is 4.31 Å². The summed E-state index contributed by atoms with van der Waals surface area (Å²) in [6, 6.07) is 14.2. The SMILES string of the molecule is CC(C)N1CCN(c2ccc(-c3cc(NC4CCN(S(C)(=O)=O)CC4)c4nc(N(C)C)n(C)c4c3)cc2)CC1. The van der Waals surface area contributed by atoms with Gasteiger partial charge in [-0.15, -0.1) is 0 Å². The number of piperazine rings is 1. The third-order valence-electron chi connectivity index (χ3n) is 8.26. The number of hydrogen-bond acceptors (Lipinski definition) is 7. The quantitative estimate of drug-likeness (QED) is 0.478. The van der Waals surface area contributed by atoms with Crippen molar-refractivity contribution in [2.45, 2.75) is 38.8 Å². The standard InChI is InChI=1S/C29H43N7O2S/c1-21(2)34-15-17-35(18-16-34)25-9-7-22(8-10-25)23-19-26(28-27(20-23)33(5)29(31-28)32(3)4)30-24-11-13-36(14-12-24)39(6,37)38/h7-10,19-21,24,30H,11-18H2,1-6H3. The van der Waals surface area contributed by atoms with Crippen molar-refractivity contribution in [2.24, 2.45) is 7.05 Å². The number of aryl methyl sites for hydroxylation is 1. The molecule has 2 aromatic carbocycles. The molecule has 2 aliphatic rings. The first-order valence-corrected chi connectivity index (χ1v) is 15.8. The highest BCUT2D eigenvalue weighted by Crippen LogP contribution is 2.35. The van der Waals surface area contributed by atoms with E-state index >= 15 is 0 Å². The number of aromatic nitrogens is 2. The van der Waals surface area contributed by atoms with Crippen LogP contribution in [-0.4, -0.2) is 98.9 Å². The summed E-state index contributed by atoms with van der Waals surface area (Å²) in [6.45, 7) is 9.93. The van der Waals surface area contributed by atoms with E-state index in [4.69, 9.17) is 4.98 Å². The van der Waals surface area contributed by atoms with Gasteiger partial charge in [0.1, 0.15) is 5.52 Å². The van der Waals surface area contributed by atoms with Crippen LogP contribution in [0.5, 0.6) is 0 Å². The summed E-state index contributed by atoms with van der Waals surface area (Å²) < 4.78 is 27.7. The molecule has 5 rings (SSSR count). The summed E-state index contributed by atoms with van der Waals surface area (Å²) in [5.41, 5.74) is 6.59. The van der Waals surface area contributed by atoms with Crippen LogP contribution in [-0.2, 0) is 17.1 Å². The summed E-state index contributed by atoms with van der Waals surface area (Å²) in [5, 5.41) is 3.73. The van der Waals surface area contributed by atoms with Gasteiger partial charge in [0, 0.05) is 78.2 Å². The number of piperidine rings is 1. The van der Waals surface area contributed by atoms with Gasteiger partial charge in [0.05, 0.1) is 17.5 Å². The van der Waals surface area contributed by atoms with Crippen molar-refractivity contribution in [2.75, 3.05) is 74.7 Å². The van der Waals surface area contributed by atoms with Crippen molar-refractivity contribution in [3.05, 3.63) is 36.4 Å². The molecule has 0 amide bonds. The average Bonchev–Trinajstić information content (AvgIpc) is 3.25. The summed E-state index contributed by atoms with van der Waals surface area (Å²) in [5.74, 6) is 0.896. The smallest absolute Gasteiger partial charge is 0.211 e. The molecule has 10 heteroatoms. The molecule has 1 aromatic heterocycles. The molecule has 9 nitrogen and oxygen atoms in total. The van der Waals surface area contributed by atoms with Gasteiger partial charge in [0.25, 0.3) is 0 Å². The number of hydrogen-bond donors (Lipinski definition) is 1. The highest BCUT2D eigenvalue weighted by atomic mass is 32.2. The van der Waals surface area contributed by atoms with Crippen LogP contribution in [0.4, 0.5) is 17.3 Å². The molecule has 3 heterocycles. The summed E-state index contributed by atoms with van der Waals surface area (Å²) in [7, 11) is 2.93. The van der Waals surface area contributed by atoms with Crippen LogP contribution in [0, 0.1) is 0 Å². The molecule has 0 bridgehead atoms. The fourth-order valence-corrected chi connectivity index (χ4v) is 6.74. The zero-order valence-corrected chi connectivity index (χ0v) is 25.0. The van der Waals surface area contributed by atoms with Crippen molar-refractivity contribution in [1.29, 1.82) is 0 Å². The molecule has 3 aromatic rings. The summed E-state index contributed by atoms with van der Waals surface area (Å²) >= 11 is 0. The molecule has 212 valence electrons. The van der Waals surface area contributed by atoms with Gasteiger partial charge in [0.15, 0.2) is 0 Å². The maximum atomic E-state index is 12.0. The molecule has 0 unspecified atom stereocenters. The van der Waals surface area contributed by atoms with Gasteiger partial charge in [-0.1, -0.05) is 12.1 Å². The van der Waals surface area contributed by atoms with Gasteiger partial charge >= 0.3 is 0 Å². The fourth-order valence-electron chi connectivity index (χ4n) is 5.86. The lowest BCUT2D eigenvalue weighted by Gasteiger charge is -2.38. The lowest BCUT2D eigenvalue weighted by atomic mass is 10.0. The zero-order valence-electron chi connectivity index (χ0n) is 24.2. The van der Waals surface area contributed by atoms with Crippen molar-refractivity contribution in [1.82, 2.24) is 18.8 Å². The minimum atomic E-state index is -3.15. The first-order valence-electron chi connectivity index (χ1n) is 14.0. The fraction of sp³-hybridized carbons (Fsp3) is 0.552. The number of nitrogens with zero attached hydrogens (tertiary/aromatic N) is 6. The van der Waals surface area contributed by atoms with E-state index in [1.165, 1.54) is 17.5 Å². The first kappa shape index (κ1) is 27.7. The van der Waals surface area contributed by atoms with E-state index in [2.05, 4.69) is 77.0 Å². The molecule has 0 spiro atoms. The van der Waals surface area contributed by atoms with Crippen LogP contribution in [0.2, 0.25) is 0 Å². The van der Waals surface area contributed by atoms with Gasteiger partial charge in [-0.2, -0.15) is 0 Å². The minimum Gasteiger partial charge on any atom is -0.380 e. The Kier molecular flexibility index (Phi) is 7.81. The normalized spacial score (nSPS) is 18.3. The van der Waals surface area contributed by atoms with E-state index in [1.807, 2.05) is 19.0 Å². The van der Waals surface area contributed by atoms with Crippen molar-refractivity contribution in [3.63, 3.8) is 0 Å². The van der Waals surface area contributed by atoms with Gasteiger partial charge in [-0.25, -0.2) is 17.7 Å². The molecule has 39 heavy (non-hydrogen) atoms. The summed E-state index contributed by atoms with van der Waals surface area (Å²) in [6.07, 6.45) is 2.83. The van der Waals surface area contributed by atoms with Gasteiger partial charge in [-0.3, -0.25) is 4.90 Å². The molecule has 2 aliphatic heterocycles. The maximum Gasteiger partial charge on any atom is 0.211 e. The van der Waals surface area contributed by atoms with Crippen LogP contribution < -0.4 is 15.1 Å². The number of fused-ring (bicyclic) bond motifs is 1. The number of benzene rings is 2. The molecule has 0 atom stereocenters. The first-order chi connectivity index (χ1) is 18.5. The summed E-state index contributed by atoms with van der Waals surface area (Å²) in [4.78, 5) is 12.0. The third-order valence-corrected chi connectivity index (χ3v) is 9.56. The molecule has 1 N–H and O–H groups in total. The predicted molar refractivity (Wildman–Crippen MR) is 162 cm³/mol. The van der Waals surface area contributed by atoms with E-state index in [0.29, 0.717) is 19.1 Å². The predicted octanol–water partition coefficient (Wildman–Crippen LogP) is 3.67. The van der Waals surface area contributed by atoms with Crippen LogP contribution >= 0.6 is 0 Å². The van der Waals surface area contributed by atoms with Crippen molar-refractivity contribution in [3.8, 4) is 11.1 Å². The van der Waals surface area contributed by atoms with Crippen molar-refractivity contribution >= 4 is 38.4 Å². The Balaban J connectivity index is 1.42. The molecule has 0 saturated carbocycles. The number of anilines is 3.